The van der Waals surface area contributed by atoms with Crippen molar-refractivity contribution in [1.29, 1.82) is 0 Å². The maximum Gasteiger partial charge on any atom is 0.0446 e. The van der Waals surface area contributed by atoms with E-state index in [-0.39, 0.29) is 0 Å². The van der Waals surface area contributed by atoms with E-state index in [0.717, 1.165) is 10.4 Å². The number of benzene rings is 1. The highest BCUT2D eigenvalue weighted by atomic mass is 79.9. The van der Waals surface area contributed by atoms with Gasteiger partial charge in [0.1, 0.15) is 0 Å². The van der Waals surface area contributed by atoms with Crippen molar-refractivity contribution in [2.75, 3.05) is 0 Å². The smallest absolute Gasteiger partial charge is 0.0446 e. The van der Waals surface area contributed by atoms with Crippen molar-refractivity contribution in [2.45, 2.75) is 37.9 Å². The first kappa shape index (κ1) is 12.1. The first-order valence-electron chi connectivity index (χ1n) is 5.11. The Morgan fingerprint density at radius 3 is 2.71 bits per heavy atom. The van der Waals surface area contributed by atoms with Crippen LogP contribution in [0.15, 0.2) is 18.2 Å². The quantitative estimate of drug-likeness (QED) is 0.526. The summed E-state index contributed by atoms with van der Waals surface area (Å²) < 4.78 is 0. The van der Waals surface area contributed by atoms with Crippen LogP contribution in [0.1, 0.15) is 37.3 Å². The van der Waals surface area contributed by atoms with E-state index in [1.807, 2.05) is 6.07 Å². The molecule has 0 saturated heterocycles. The Morgan fingerprint density at radius 2 is 2.07 bits per heavy atom. The molecule has 0 N–H and O–H groups in total. The Hall–Kier alpha value is -0.0100. The first-order valence-corrected chi connectivity index (χ1v) is 6.61. The van der Waals surface area contributed by atoms with E-state index in [1.165, 1.54) is 36.8 Å². The van der Waals surface area contributed by atoms with E-state index in [9.17, 15) is 0 Å². The zero-order valence-corrected chi connectivity index (χ0v) is 10.9. The predicted octanol–water partition coefficient (Wildman–Crippen LogP) is 4.97. The molecule has 2 heteroatoms. The van der Waals surface area contributed by atoms with Crippen LogP contribution in [0.5, 0.6) is 0 Å². The molecule has 0 radical (unpaired) electrons. The Morgan fingerprint density at radius 1 is 1.29 bits per heavy atom. The summed E-state index contributed by atoms with van der Waals surface area (Å²) in [6.45, 7) is 2.23. The highest BCUT2D eigenvalue weighted by Crippen LogP contribution is 2.21. The van der Waals surface area contributed by atoms with E-state index in [4.69, 9.17) is 11.6 Å². The SMILES string of the molecule is CCCCCc1ccc(Cl)c(CBr)c1. The van der Waals surface area contributed by atoms with Gasteiger partial charge < -0.3 is 0 Å². The van der Waals surface area contributed by atoms with Crippen LogP contribution < -0.4 is 0 Å². The van der Waals surface area contributed by atoms with Crippen LogP contribution in [-0.2, 0) is 11.8 Å². The fourth-order valence-corrected chi connectivity index (χ4v) is 2.27. The topological polar surface area (TPSA) is 0 Å². The lowest BCUT2D eigenvalue weighted by molar-refractivity contribution is 0.717. The lowest BCUT2D eigenvalue weighted by atomic mass is 10.1. The Bertz CT molecular complexity index is 284. The third-order valence-electron chi connectivity index (χ3n) is 2.32. The lowest BCUT2D eigenvalue weighted by Gasteiger charge is -2.04. The van der Waals surface area contributed by atoms with Crippen LogP contribution in [0.3, 0.4) is 0 Å². The van der Waals surface area contributed by atoms with Crippen LogP contribution in [0.2, 0.25) is 5.02 Å². The summed E-state index contributed by atoms with van der Waals surface area (Å²) in [6.07, 6.45) is 5.04. The van der Waals surface area contributed by atoms with E-state index < -0.39 is 0 Å². The summed E-state index contributed by atoms with van der Waals surface area (Å²) in [4.78, 5) is 0. The van der Waals surface area contributed by atoms with Gasteiger partial charge in [-0.05, 0) is 30.0 Å². The molecular formula is C12H16BrCl. The third kappa shape index (κ3) is 3.62. The Kier molecular flexibility index (Phi) is 5.57. The normalized spacial score (nSPS) is 10.5. The molecular weight excluding hydrogens is 259 g/mol. The number of rotatable bonds is 5. The van der Waals surface area contributed by atoms with Crippen LogP contribution in [0.4, 0.5) is 0 Å². The summed E-state index contributed by atoms with van der Waals surface area (Å²) in [7, 11) is 0. The molecule has 0 aliphatic heterocycles. The summed E-state index contributed by atoms with van der Waals surface area (Å²) in [5.41, 5.74) is 2.60. The number of aryl methyl sites for hydroxylation is 1. The van der Waals surface area contributed by atoms with Crippen LogP contribution >= 0.6 is 27.5 Å². The summed E-state index contributed by atoms with van der Waals surface area (Å²) in [6, 6.07) is 6.33. The van der Waals surface area contributed by atoms with Gasteiger partial charge in [-0.3, -0.25) is 0 Å². The van der Waals surface area contributed by atoms with Crippen LogP contribution in [0, 0.1) is 0 Å². The molecule has 0 aliphatic rings. The molecule has 0 unspecified atom stereocenters. The van der Waals surface area contributed by atoms with Gasteiger partial charge in [0.2, 0.25) is 0 Å². The third-order valence-corrected chi connectivity index (χ3v) is 3.30. The lowest BCUT2D eigenvalue weighted by Crippen LogP contribution is -1.88. The maximum absolute atomic E-state index is 6.03. The van der Waals surface area contributed by atoms with E-state index in [1.54, 1.807) is 0 Å². The van der Waals surface area contributed by atoms with E-state index >= 15 is 0 Å². The molecule has 0 heterocycles. The number of unbranched alkanes of at least 4 members (excludes halogenated alkanes) is 2. The Labute approximate surface area is 99.8 Å². The Balaban J connectivity index is 2.60. The fraction of sp³-hybridized carbons (Fsp3) is 0.500. The number of halogens is 2. The second kappa shape index (κ2) is 6.47. The minimum atomic E-state index is 0.841. The molecule has 1 rings (SSSR count). The summed E-state index contributed by atoms with van der Waals surface area (Å²) in [5, 5.41) is 1.70. The van der Waals surface area contributed by atoms with Crippen molar-refractivity contribution in [2.24, 2.45) is 0 Å². The van der Waals surface area contributed by atoms with Gasteiger partial charge >= 0.3 is 0 Å². The van der Waals surface area contributed by atoms with E-state index in [2.05, 4.69) is 35.0 Å². The van der Waals surface area contributed by atoms with Crippen molar-refractivity contribution in [3.8, 4) is 0 Å². The zero-order chi connectivity index (χ0) is 10.4. The second-order valence-electron chi connectivity index (χ2n) is 3.52. The fourth-order valence-electron chi connectivity index (χ4n) is 1.47. The van der Waals surface area contributed by atoms with Crippen molar-refractivity contribution in [3.05, 3.63) is 34.3 Å². The standard InChI is InChI=1S/C12H16BrCl/c1-2-3-4-5-10-6-7-12(14)11(8-10)9-13/h6-8H,2-5,9H2,1H3. The first-order chi connectivity index (χ1) is 6.77. The maximum atomic E-state index is 6.03. The monoisotopic (exact) mass is 274 g/mol. The van der Waals surface area contributed by atoms with Gasteiger partial charge in [0.15, 0.2) is 0 Å². The highest BCUT2D eigenvalue weighted by molar-refractivity contribution is 9.08. The van der Waals surface area contributed by atoms with Crippen LogP contribution in [-0.4, -0.2) is 0 Å². The zero-order valence-electron chi connectivity index (χ0n) is 8.52. The molecule has 0 spiro atoms. The van der Waals surface area contributed by atoms with Crippen molar-refractivity contribution < 1.29 is 0 Å². The van der Waals surface area contributed by atoms with Crippen molar-refractivity contribution >= 4 is 27.5 Å². The van der Waals surface area contributed by atoms with Gasteiger partial charge in [0.25, 0.3) is 0 Å². The molecule has 0 bridgehead atoms. The molecule has 0 aromatic heterocycles. The highest BCUT2D eigenvalue weighted by Gasteiger charge is 2.00. The molecule has 0 nitrogen and oxygen atoms in total. The minimum Gasteiger partial charge on any atom is -0.0876 e. The second-order valence-corrected chi connectivity index (χ2v) is 4.48. The number of alkyl halides is 1. The summed E-state index contributed by atoms with van der Waals surface area (Å²) in [5.74, 6) is 0. The molecule has 1 aromatic rings. The molecule has 0 aliphatic carbocycles. The summed E-state index contributed by atoms with van der Waals surface area (Å²) >= 11 is 9.47. The molecule has 78 valence electrons. The minimum absolute atomic E-state index is 0.841. The van der Waals surface area contributed by atoms with Gasteiger partial charge in [0, 0.05) is 10.4 Å². The van der Waals surface area contributed by atoms with Crippen molar-refractivity contribution in [3.63, 3.8) is 0 Å². The molecule has 0 atom stereocenters. The van der Waals surface area contributed by atoms with Crippen molar-refractivity contribution in [1.82, 2.24) is 0 Å². The van der Waals surface area contributed by atoms with Gasteiger partial charge in [-0.15, -0.1) is 0 Å². The van der Waals surface area contributed by atoms with Gasteiger partial charge in [-0.25, -0.2) is 0 Å². The molecule has 14 heavy (non-hydrogen) atoms. The average molecular weight is 276 g/mol. The largest absolute Gasteiger partial charge is 0.0876 e. The molecule has 1 aromatic carbocycles. The molecule has 0 amide bonds. The van der Waals surface area contributed by atoms with Gasteiger partial charge in [-0.2, -0.15) is 0 Å². The molecule has 0 saturated carbocycles. The predicted molar refractivity (Wildman–Crippen MR) is 67.3 cm³/mol. The average Bonchev–Trinajstić information content (AvgIpc) is 2.21. The number of hydrogen-bond acceptors (Lipinski definition) is 0. The van der Waals surface area contributed by atoms with Crippen LogP contribution in [0.25, 0.3) is 0 Å². The van der Waals surface area contributed by atoms with E-state index in [0.29, 0.717) is 0 Å². The van der Waals surface area contributed by atoms with Gasteiger partial charge in [-0.1, -0.05) is 59.4 Å². The van der Waals surface area contributed by atoms with Gasteiger partial charge in [0.05, 0.1) is 0 Å². The molecule has 0 fully saturated rings. The number of hydrogen-bond donors (Lipinski definition) is 0.